The minimum atomic E-state index is 0.237. The molecule has 0 amide bonds. The number of likely N-dealkylation sites (tertiary alicyclic amines) is 1. The van der Waals surface area contributed by atoms with E-state index in [4.69, 9.17) is 9.84 Å². The van der Waals surface area contributed by atoms with E-state index >= 15 is 0 Å². The van der Waals surface area contributed by atoms with Crippen LogP contribution in [0.25, 0.3) is 0 Å². The van der Waals surface area contributed by atoms with Crippen molar-refractivity contribution >= 4 is 0 Å². The molecular formula is C18H30N2O2. The van der Waals surface area contributed by atoms with E-state index in [1.165, 1.54) is 18.4 Å². The molecule has 2 rings (SSSR count). The Morgan fingerprint density at radius 1 is 1.32 bits per heavy atom. The van der Waals surface area contributed by atoms with Crippen LogP contribution < -0.4 is 10.1 Å². The molecule has 2 unspecified atom stereocenters. The molecule has 1 aromatic carbocycles. The molecule has 22 heavy (non-hydrogen) atoms. The average Bonchev–Trinajstić information content (AvgIpc) is 2.53. The number of hydrogen-bond donors (Lipinski definition) is 2. The van der Waals surface area contributed by atoms with Crippen molar-refractivity contribution in [2.45, 2.75) is 51.2 Å². The third-order valence-corrected chi connectivity index (χ3v) is 4.57. The molecule has 0 spiro atoms. The second kappa shape index (κ2) is 9.13. The molecule has 0 bridgehead atoms. The molecule has 2 atom stereocenters. The van der Waals surface area contributed by atoms with Crippen LogP contribution in [0, 0.1) is 0 Å². The highest BCUT2D eigenvalue weighted by atomic mass is 16.5. The summed E-state index contributed by atoms with van der Waals surface area (Å²) in [4.78, 5) is 2.43. The lowest BCUT2D eigenvalue weighted by Crippen LogP contribution is -2.45. The van der Waals surface area contributed by atoms with Crippen molar-refractivity contribution < 1.29 is 9.84 Å². The van der Waals surface area contributed by atoms with Crippen LogP contribution in [-0.4, -0.2) is 48.9 Å². The molecule has 2 N–H and O–H groups in total. The summed E-state index contributed by atoms with van der Waals surface area (Å²) in [6.45, 7) is 5.23. The summed E-state index contributed by atoms with van der Waals surface area (Å²) in [7, 11) is 2.20. The van der Waals surface area contributed by atoms with Gasteiger partial charge in [-0.1, -0.05) is 18.2 Å². The largest absolute Gasteiger partial charge is 0.493 e. The standard InChI is InChI=1S/C18H30N2O2/c1-15-13-17(9-10-20(15)2)19-14-16-7-3-4-8-18(16)22-12-6-5-11-21/h3-4,7-8,15,17,19,21H,5-6,9-14H2,1-2H3. The van der Waals surface area contributed by atoms with Gasteiger partial charge in [0.2, 0.25) is 0 Å². The smallest absolute Gasteiger partial charge is 0.123 e. The monoisotopic (exact) mass is 306 g/mol. The summed E-state index contributed by atoms with van der Waals surface area (Å²) >= 11 is 0. The number of piperidine rings is 1. The maximum absolute atomic E-state index is 8.82. The summed E-state index contributed by atoms with van der Waals surface area (Å²) < 4.78 is 5.86. The lowest BCUT2D eigenvalue weighted by molar-refractivity contribution is 0.168. The molecule has 124 valence electrons. The Labute approximate surface area is 134 Å². The zero-order valence-corrected chi connectivity index (χ0v) is 13.9. The first-order valence-electron chi connectivity index (χ1n) is 8.46. The van der Waals surface area contributed by atoms with Gasteiger partial charge < -0.3 is 20.1 Å². The zero-order valence-electron chi connectivity index (χ0n) is 13.9. The van der Waals surface area contributed by atoms with Gasteiger partial charge in [-0.15, -0.1) is 0 Å². The van der Waals surface area contributed by atoms with Gasteiger partial charge >= 0.3 is 0 Å². The second-order valence-corrected chi connectivity index (χ2v) is 6.32. The fourth-order valence-electron chi connectivity index (χ4n) is 2.92. The number of rotatable bonds is 8. The van der Waals surface area contributed by atoms with Crippen molar-refractivity contribution in [1.29, 1.82) is 0 Å². The number of unbranched alkanes of at least 4 members (excludes halogenated alkanes) is 1. The van der Waals surface area contributed by atoms with Crippen molar-refractivity contribution in [1.82, 2.24) is 10.2 Å². The van der Waals surface area contributed by atoms with E-state index in [1.54, 1.807) is 0 Å². The van der Waals surface area contributed by atoms with Gasteiger partial charge in [-0.3, -0.25) is 0 Å². The van der Waals surface area contributed by atoms with Crippen LogP contribution in [0.4, 0.5) is 0 Å². The van der Waals surface area contributed by atoms with Crippen LogP contribution in [0.3, 0.4) is 0 Å². The third-order valence-electron chi connectivity index (χ3n) is 4.57. The zero-order chi connectivity index (χ0) is 15.8. The quantitative estimate of drug-likeness (QED) is 0.724. The Kier molecular flexibility index (Phi) is 7.16. The van der Waals surface area contributed by atoms with Crippen LogP contribution in [0.1, 0.15) is 38.2 Å². The highest BCUT2D eigenvalue weighted by Crippen LogP contribution is 2.20. The summed E-state index contributed by atoms with van der Waals surface area (Å²) in [5.74, 6) is 0.967. The van der Waals surface area contributed by atoms with E-state index < -0.39 is 0 Å². The Morgan fingerprint density at radius 3 is 2.91 bits per heavy atom. The van der Waals surface area contributed by atoms with Crippen molar-refractivity contribution in [3.05, 3.63) is 29.8 Å². The number of nitrogens with one attached hydrogen (secondary N) is 1. The maximum Gasteiger partial charge on any atom is 0.123 e. The van der Waals surface area contributed by atoms with Gasteiger partial charge in [0.05, 0.1) is 6.61 Å². The van der Waals surface area contributed by atoms with Gasteiger partial charge in [0, 0.05) is 30.8 Å². The predicted molar refractivity (Wildman–Crippen MR) is 90.2 cm³/mol. The first-order chi connectivity index (χ1) is 10.7. The summed E-state index contributed by atoms with van der Waals surface area (Å²) in [6.07, 6.45) is 4.11. The van der Waals surface area contributed by atoms with E-state index in [1.807, 2.05) is 12.1 Å². The summed E-state index contributed by atoms with van der Waals surface area (Å²) in [5, 5.41) is 12.5. The van der Waals surface area contributed by atoms with E-state index in [9.17, 15) is 0 Å². The number of hydrogen-bond acceptors (Lipinski definition) is 4. The molecule has 1 heterocycles. The van der Waals surface area contributed by atoms with Crippen LogP contribution in [0.15, 0.2) is 24.3 Å². The molecule has 1 aliphatic heterocycles. The molecule has 1 fully saturated rings. The Morgan fingerprint density at radius 2 is 2.14 bits per heavy atom. The van der Waals surface area contributed by atoms with Gasteiger partial charge in [-0.25, -0.2) is 0 Å². The van der Waals surface area contributed by atoms with E-state index in [0.29, 0.717) is 18.7 Å². The average molecular weight is 306 g/mol. The lowest BCUT2D eigenvalue weighted by Gasteiger charge is -2.35. The number of aliphatic hydroxyl groups is 1. The van der Waals surface area contributed by atoms with Crippen LogP contribution >= 0.6 is 0 Å². The van der Waals surface area contributed by atoms with Crippen molar-refractivity contribution in [3.63, 3.8) is 0 Å². The highest BCUT2D eigenvalue weighted by Gasteiger charge is 2.22. The number of ether oxygens (including phenoxy) is 1. The third kappa shape index (κ3) is 5.27. The second-order valence-electron chi connectivity index (χ2n) is 6.32. The van der Waals surface area contributed by atoms with Crippen molar-refractivity contribution in [2.24, 2.45) is 0 Å². The van der Waals surface area contributed by atoms with Gasteiger partial charge in [0.1, 0.15) is 5.75 Å². The number of benzene rings is 1. The molecule has 0 saturated carbocycles. The van der Waals surface area contributed by atoms with E-state index in [0.717, 1.165) is 31.7 Å². The first kappa shape index (κ1) is 17.3. The van der Waals surface area contributed by atoms with E-state index in [-0.39, 0.29) is 6.61 Å². The fraction of sp³-hybridized carbons (Fsp3) is 0.667. The molecule has 4 nitrogen and oxygen atoms in total. The van der Waals surface area contributed by atoms with Crippen molar-refractivity contribution in [3.8, 4) is 5.75 Å². The number of aliphatic hydroxyl groups excluding tert-OH is 1. The minimum absolute atomic E-state index is 0.237. The molecule has 0 radical (unpaired) electrons. The normalized spacial score (nSPS) is 22.7. The van der Waals surface area contributed by atoms with Gasteiger partial charge in [-0.2, -0.15) is 0 Å². The van der Waals surface area contributed by atoms with Gasteiger partial charge in [0.25, 0.3) is 0 Å². The highest BCUT2D eigenvalue weighted by molar-refractivity contribution is 5.33. The molecule has 0 aliphatic carbocycles. The SMILES string of the molecule is CC1CC(NCc2ccccc2OCCCCO)CCN1C. The Hall–Kier alpha value is -1.10. The topological polar surface area (TPSA) is 44.7 Å². The molecular weight excluding hydrogens is 276 g/mol. The number of para-hydroxylation sites is 1. The minimum Gasteiger partial charge on any atom is -0.493 e. The molecule has 0 aromatic heterocycles. The van der Waals surface area contributed by atoms with Crippen LogP contribution in [0.5, 0.6) is 5.75 Å². The van der Waals surface area contributed by atoms with Gasteiger partial charge in [-0.05, 0) is 52.3 Å². The van der Waals surface area contributed by atoms with Crippen molar-refractivity contribution in [2.75, 3.05) is 26.8 Å². The van der Waals surface area contributed by atoms with E-state index in [2.05, 4.69) is 36.3 Å². The molecule has 1 saturated heterocycles. The predicted octanol–water partition coefficient (Wildman–Crippen LogP) is 2.41. The molecule has 1 aliphatic rings. The molecule has 4 heteroatoms. The number of nitrogens with zero attached hydrogens (tertiary/aromatic N) is 1. The fourth-order valence-corrected chi connectivity index (χ4v) is 2.92. The van der Waals surface area contributed by atoms with Crippen LogP contribution in [0.2, 0.25) is 0 Å². The lowest BCUT2D eigenvalue weighted by atomic mass is 9.98. The Bertz CT molecular complexity index is 439. The summed E-state index contributed by atoms with van der Waals surface area (Å²) in [6, 6.07) is 9.49. The Balaban J connectivity index is 1.82. The van der Waals surface area contributed by atoms with Gasteiger partial charge in [0.15, 0.2) is 0 Å². The first-order valence-corrected chi connectivity index (χ1v) is 8.46. The van der Waals surface area contributed by atoms with Crippen LogP contribution in [-0.2, 0) is 6.54 Å². The summed E-state index contributed by atoms with van der Waals surface area (Å²) in [5.41, 5.74) is 1.22. The maximum atomic E-state index is 8.82. The molecule has 1 aromatic rings.